The minimum Gasteiger partial charge on any atom is -0.478 e. The van der Waals surface area contributed by atoms with Crippen LogP contribution in [0.1, 0.15) is 10.4 Å². The Labute approximate surface area is 124 Å². The molecule has 112 valence electrons. The summed E-state index contributed by atoms with van der Waals surface area (Å²) >= 11 is 0. The van der Waals surface area contributed by atoms with Gasteiger partial charge in [0, 0.05) is 22.5 Å². The lowest BCUT2D eigenvalue weighted by molar-refractivity contribution is 0.0693. The third-order valence-corrected chi connectivity index (χ3v) is 4.57. The Balaban J connectivity index is 2.56. The number of aromatic amines is 1. The molecule has 0 amide bonds. The number of carbonyl (C=O) groups is 1. The number of nitrogens with one attached hydrogen (secondary N) is 1. The lowest BCUT2D eigenvalue weighted by Gasteiger charge is -2.08. The molecule has 0 unspecified atom stereocenters. The lowest BCUT2D eigenvalue weighted by Crippen LogP contribution is -2.11. The van der Waals surface area contributed by atoms with Gasteiger partial charge < -0.3 is 10.1 Å². The quantitative estimate of drug-likeness (QED) is 0.701. The molecule has 2 N–H and O–H groups in total. The minimum absolute atomic E-state index is 0.143. The van der Waals surface area contributed by atoms with Crippen LogP contribution in [0.5, 0.6) is 0 Å². The zero-order chi connectivity index (χ0) is 16.1. The van der Waals surface area contributed by atoms with Gasteiger partial charge in [-0.25, -0.2) is 13.2 Å². The van der Waals surface area contributed by atoms with Gasteiger partial charge in [-0.1, -0.05) is 12.1 Å². The van der Waals surface area contributed by atoms with E-state index in [0.29, 0.717) is 10.9 Å². The van der Waals surface area contributed by atoms with E-state index in [1.54, 1.807) is 24.3 Å². The third-order valence-electron chi connectivity index (χ3n) is 3.44. The SMILES string of the molecule is CS(=O)(=O)c1cc2c(=O)c3ccccc3[nH]c2cc1C(=O)O. The lowest BCUT2D eigenvalue weighted by atomic mass is 10.1. The van der Waals surface area contributed by atoms with Crippen LogP contribution in [0, 0.1) is 0 Å². The van der Waals surface area contributed by atoms with Crippen LogP contribution in [0.2, 0.25) is 0 Å². The summed E-state index contributed by atoms with van der Waals surface area (Å²) in [5.74, 6) is -1.36. The number of hydrogen-bond acceptors (Lipinski definition) is 4. The topological polar surface area (TPSA) is 104 Å². The predicted octanol–water partition coefficient (Wildman–Crippen LogP) is 1.78. The number of pyridine rings is 1. The summed E-state index contributed by atoms with van der Waals surface area (Å²) in [5, 5.41) is 9.77. The van der Waals surface area contributed by atoms with E-state index >= 15 is 0 Å². The molecule has 0 aliphatic carbocycles. The predicted molar refractivity (Wildman–Crippen MR) is 82.1 cm³/mol. The van der Waals surface area contributed by atoms with Crippen molar-refractivity contribution in [2.24, 2.45) is 0 Å². The van der Waals surface area contributed by atoms with Crippen molar-refractivity contribution >= 4 is 37.6 Å². The molecule has 3 rings (SSSR count). The number of benzene rings is 2. The molecule has 0 bridgehead atoms. The number of rotatable bonds is 2. The van der Waals surface area contributed by atoms with Crippen LogP contribution in [0.25, 0.3) is 21.8 Å². The Hall–Kier alpha value is -2.67. The first-order valence-corrected chi connectivity index (χ1v) is 8.20. The van der Waals surface area contributed by atoms with E-state index in [9.17, 15) is 23.1 Å². The van der Waals surface area contributed by atoms with Crippen LogP contribution >= 0.6 is 0 Å². The molecule has 1 aromatic heterocycles. The highest BCUT2D eigenvalue weighted by Gasteiger charge is 2.21. The van der Waals surface area contributed by atoms with E-state index in [1.165, 1.54) is 6.07 Å². The molecule has 2 aromatic carbocycles. The molecular weight excluding hydrogens is 306 g/mol. The van der Waals surface area contributed by atoms with Crippen LogP contribution in [0.15, 0.2) is 46.1 Å². The average Bonchev–Trinajstić information content (AvgIpc) is 2.45. The zero-order valence-electron chi connectivity index (χ0n) is 11.5. The Morgan fingerprint density at radius 1 is 1.09 bits per heavy atom. The van der Waals surface area contributed by atoms with E-state index in [-0.39, 0.29) is 26.8 Å². The smallest absolute Gasteiger partial charge is 0.337 e. The average molecular weight is 317 g/mol. The molecule has 0 atom stereocenters. The van der Waals surface area contributed by atoms with Crippen molar-refractivity contribution in [3.8, 4) is 0 Å². The van der Waals surface area contributed by atoms with Crippen molar-refractivity contribution in [3.05, 3.63) is 52.2 Å². The molecule has 0 spiro atoms. The number of hydrogen-bond donors (Lipinski definition) is 2. The fourth-order valence-corrected chi connectivity index (χ4v) is 3.30. The first kappa shape index (κ1) is 14.3. The van der Waals surface area contributed by atoms with Crippen LogP contribution < -0.4 is 5.43 Å². The van der Waals surface area contributed by atoms with Gasteiger partial charge in [-0.05, 0) is 24.3 Å². The summed E-state index contributed by atoms with van der Waals surface area (Å²) in [7, 11) is -3.77. The molecule has 0 saturated carbocycles. The summed E-state index contributed by atoms with van der Waals surface area (Å²) in [6.07, 6.45) is 0.913. The fraction of sp³-hybridized carbons (Fsp3) is 0.0667. The van der Waals surface area contributed by atoms with Gasteiger partial charge >= 0.3 is 5.97 Å². The Bertz CT molecular complexity index is 1100. The summed E-state index contributed by atoms with van der Waals surface area (Å²) in [4.78, 5) is 26.4. The molecule has 7 heteroatoms. The van der Waals surface area contributed by atoms with Gasteiger partial charge in [-0.15, -0.1) is 0 Å². The summed E-state index contributed by atoms with van der Waals surface area (Å²) in [6, 6.07) is 9.07. The van der Waals surface area contributed by atoms with E-state index in [0.717, 1.165) is 12.3 Å². The normalized spacial score (nSPS) is 11.9. The van der Waals surface area contributed by atoms with Crippen molar-refractivity contribution < 1.29 is 18.3 Å². The van der Waals surface area contributed by atoms with Gasteiger partial charge in [-0.2, -0.15) is 0 Å². The highest BCUT2D eigenvalue weighted by Crippen LogP contribution is 2.23. The second-order valence-electron chi connectivity index (χ2n) is 4.97. The van der Waals surface area contributed by atoms with Crippen LogP contribution in [-0.2, 0) is 9.84 Å². The molecule has 0 saturated heterocycles. The second-order valence-corrected chi connectivity index (χ2v) is 6.96. The number of aromatic nitrogens is 1. The molecule has 0 aliphatic heterocycles. The Morgan fingerprint density at radius 2 is 1.77 bits per heavy atom. The van der Waals surface area contributed by atoms with Crippen LogP contribution in [0.4, 0.5) is 0 Å². The zero-order valence-corrected chi connectivity index (χ0v) is 12.3. The maximum atomic E-state index is 12.5. The molecule has 3 aromatic rings. The number of fused-ring (bicyclic) bond motifs is 2. The molecule has 1 heterocycles. The van der Waals surface area contributed by atoms with Gasteiger partial charge in [0.2, 0.25) is 0 Å². The molecule has 22 heavy (non-hydrogen) atoms. The van der Waals surface area contributed by atoms with Crippen molar-refractivity contribution in [1.29, 1.82) is 0 Å². The van der Waals surface area contributed by atoms with Gasteiger partial charge in [0.1, 0.15) is 0 Å². The van der Waals surface area contributed by atoms with Gasteiger partial charge in [0.15, 0.2) is 15.3 Å². The minimum atomic E-state index is -3.77. The van der Waals surface area contributed by atoms with E-state index in [4.69, 9.17) is 0 Å². The van der Waals surface area contributed by atoms with Crippen molar-refractivity contribution in [3.63, 3.8) is 0 Å². The second kappa shape index (κ2) is 4.67. The number of carboxylic acid groups (broad SMARTS) is 1. The molecule has 0 aliphatic rings. The Morgan fingerprint density at radius 3 is 2.41 bits per heavy atom. The van der Waals surface area contributed by atoms with Crippen LogP contribution in [0.3, 0.4) is 0 Å². The number of sulfone groups is 1. The van der Waals surface area contributed by atoms with E-state index < -0.39 is 15.8 Å². The summed E-state index contributed by atoms with van der Waals surface area (Å²) in [6.45, 7) is 0. The summed E-state index contributed by atoms with van der Waals surface area (Å²) in [5.41, 5.74) is 0.143. The van der Waals surface area contributed by atoms with Crippen LogP contribution in [-0.4, -0.2) is 30.7 Å². The van der Waals surface area contributed by atoms with E-state index in [1.807, 2.05) is 0 Å². The van der Waals surface area contributed by atoms with Crippen molar-refractivity contribution in [1.82, 2.24) is 4.98 Å². The fourth-order valence-electron chi connectivity index (χ4n) is 2.43. The van der Waals surface area contributed by atoms with Crippen molar-refractivity contribution in [2.45, 2.75) is 4.90 Å². The van der Waals surface area contributed by atoms with Gasteiger partial charge in [0.05, 0.1) is 16.0 Å². The molecule has 0 radical (unpaired) electrons. The largest absolute Gasteiger partial charge is 0.478 e. The maximum absolute atomic E-state index is 12.5. The number of H-pyrrole nitrogens is 1. The first-order valence-electron chi connectivity index (χ1n) is 6.31. The maximum Gasteiger partial charge on any atom is 0.337 e. The number of carboxylic acids is 1. The molecule has 6 nitrogen and oxygen atoms in total. The number of para-hydroxylation sites is 1. The highest BCUT2D eigenvalue weighted by atomic mass is 32.2. The molecule has 0 fully saturated rings. The molecular formula is C15H11NO5S. The monoisotopic (exact) mass is 317 g/mol. The van der Waals surface area contributed by atoms with Gasteiger partial charge in [0.25, 0.3) is 0 Å². The standard InChI is InChI=1S/C15H11NO5S/c1-22(20,21)13-7-9-12(6-10(13)15(18)19)16-11-5-3-2-4-8(11)14(9)17/h2-7H,1H3,(H,16,17)(H,18,19). The van der Waals surface area contributed by atoms with Gasteiger partial charge in [-0.3, -0.25) is 4.79 Å². The third kappa shape index (κ3) is 2.15. The first-order chi connectivity index (χ1) is 10.3. The summed E-state index contributed by atoms with van der Waals surface area (Å²) < 4.78 is 23.6. The number of aromatic carboxylic acids is 1. The Kier molecular flexibility index (Phi) is 3.03. The van der Waals surface area contributed by atoms with E-state index in [2.05, 4.69) is 4.98 Å². The highest BCUT2D eigenvalue weighted by molar-refractivity contribution is 7.90. The van der Waals surface area contributed by atoms with Crippen molar-refractivity contribution in [2.75, 3.05) is 6.26 Å².